The fourth-order valence-electron chi connectivity index (χ4n) is 0.535. The van der Waals surface area contributed by atoms with Crippen molar-refractivity contribution in [1.29, 1.82) is 0 Å². The van der Waals surface area contributed by atoms with Crippen LogP contribution in [0, 0.1) is 0 Å². The first kappa shape index (κ1) is 16.4. The Morgan fingerprint density at radius 2 is 1.29 bits per heavy atom. The lowest BCUT2D eigenvalue weighted by Gasteiger charge is -2.17. The number of halogens is 6. The Morgan fingerprint density at radius 3 is 1.47 bits per heavy atom. The molecule has 0 aliphatic rings. The minimum atomic E-state index is -5.06. The van der Waals surface area contributed by atoms with Gasteiger partial charge in [0.1, 0.15) is 0 Å². The van der Waals surface area contributed by atoms with E-state index in [9.17, 15) is 35.7 Å². The van der Waals surface area contributed by atoms with Gasteiger partial charge < -0.3 is 0 Å². The van der Waals surface area contributed by atoms with Gasteiger partial charge in [-0.15, -0.1) is 0 Å². The van der Waals surface area contributed by atoms with E-state index < -0.39 is 38.7 Å². The van der Waals surface area contributed by atoms with E-state index in [1.165, 1.54) is 0 Å². The molecule has 0 spiro atoms. The molecule has 0 bridgehead atoms. The summed E-state index contributed by atoms with van der Waals surface area (Å²) in [6.45, 7) is -3.77. The van der Waals surface area contributed by atoms with Crippen LogP contribution in [-0.2, 0) is 18.4 Å². The molecule has 0 saturated heterocycles. The van der Waals surface area contributed by atoms with Crippen molar-refractivity contribution in [3.63, 3.8) is 0 Å². The Hall–Kier alpha value is -0.600. The lowest BCUT2D eigenvalue weighted by atomic mass is 10.7. The normalized spacial score (nSPS) is 13.8. The summed E-state index contributed by atoms with van der Waals surface area (Å²) in [5, 5.41) is 0. The van der Waals surface area contributed by atoms with Crippen molar-refractivity contribution in [2.75, 3.05) is 13.2 Å². The fourth-order valence-corrected chi connectivity index (χ4v) is 1.61. The number of rotatable bonds is 5. The first-order valence-electron chi connectivity index (χ1n) is 3.89. The van der Waals surface area contributed by atoms with Gasteiger partial charge in [-0.1, -0.05) is 0 Å². The highest BCUT2D eigenvalue weighted by Crippen LogP contribution is 2.50. The maximum Gasteiger partial charge on any atom is 0.412 e. The van der Waals surface area contributed by atoms with Crippen LogP contribution < -0.4 is 0 Å². The third kappa shape index (κ3) is 7.35. The molecule has 17 heavy (non-hydrogen) atoms. The highest BCUT2D eigenvalue weighted by atomic mass is 31.2. The molecule has 0 amide bonds. The van der Waals surface area contributed by atoms with Crippen molar-refractivity contribution in [3.05, 3.63) is 0 Å². The molecule has 0 aliphatic heterocycles. The van der Waals surface area contributed by atoms with Crippen LogP contribution in [0.1, 0.15) is 6.92 Å². The Bertz CT molecular complexity index is 299. The van der Waals surface area contributed by atoms with Gasteiger partial charge in [-0.3, -0.25) is 18.4 Å². The molecule has 0 N–H and O–H groups in total. The molecule has 0 radical (unpaired) electrons. The van der Waals surface area contributed by atoms with Crippen molar-refractivity contribution in [2.24, 2.45) is 0 Å². The fraction of sp³-hybridized carbons (Fsp3) is 0.833. The van der Waals surface area contributed by atoms with Crippen LogP contribution in [0.15, 0.2) is 0 Å². The molecular formula is C6H7F6O4P. The highest BCUT2D eigenvalue weighted by molar-refractivity contribution is 7.71. The molecule has 11 heteroatoms. The van der Waals surface area contributed by atoms with Crippen LogP contribution in [0.25, 0.3) is 0 Å². The second-order valence-electron chi connectivity index (χ2n) is 2.79. The quantitative estimate of drug-likeness (QED) is 0.576. The predicted octanol–water partition coefficient (Wildman–Crippen LogP) is 2.88. The average molecular weight is 288 g/mol. The smallest absolute Gasteiger partial charge is 0.294 e. The van der Waals surface area contributed by atoms with E-state index in [1.807, 2.05) is 0 Å². The minimum absolute atomic E-state index is 0.507. The van der Waals surface area contributed by atoms with Gasteiger partial charge in [0, 0.05) is 6.92 Å². The van der Waals surface area contributed by atoms with Crippen molar-refractivity contribution in [3.8, 4) is 0 Å². The zero-order valence-electron chi connectivity index (χ0n) is 8.26. The first-order valence-corrected chi connectivity index (χ1v) is 5.44. The van der Waals surface area contributed by atoms with E-state index in [2.05, 4.69) is 9.05 Å². The minimum Gasteiger partial charge on any atom is -0.294 e. The molecular weight excluding hydrogens is 281 g/mol. The molecule has 0 rings (SSSR count). The van der Waals surface area contributed by atoms with E-state index in [-0.39, 0.29) is 0 Å². The number of alkyl halides is 6. The highest BCUT2D eigenvalue weighted by Gasteiger charge is 2.41. The molecule has 0 fully saturated rings. The number of carbonyl (C=O) groups excluding carboxylic acids is 1. The topological polar surface area (TPSA) is 52.6 Å². The van der Waals surface area contributed by atoms with Crippen LogP contribution >= 0.6 is 7.60 Å². The molecule has 0 aliphatic carbocycles. The summed E-state index contributed by atoms with van der Waals surface area (Å²) in [5.41, 5.74) is -1.54. The largest absolute Gasteiger partial charge is 0.412 e. The van der Waals surface area contributed by atoms with E-state index >= 15 is 0 Å². The predicted molar refractivity (Wildman–Crippen MR) is 42.3 cm³/mol. The third-order valence-electron chi connectivity index (χ3n) is 1.18. The van der Waals surface area contributed by atoms with E-state index in [0.717, 1.165) is 0 Å². The Balaban J connectivity index is 4.60. The lowest BCUT2D eigenvalue weighted by molar-refractivity contribution is -0.165. The van der Waals surface area contributed by atoms with Gasteiger partial charge in [-0.2, -0.15) is 26.3 Å². The second-order valence-corrected chi connectivity index (χ2v) is 4.93. The SMILES string of the molecule is CC(=O)P(=O)(OCC(F)(F)F)OCC(F)(F)F. The lowest BCUT2D eigenvalue weighted by Crippen LogP contribution is -2.21. The van der Waals surface area contributed by atoms with Crippen LogP contribution in [-0.4, -0.2) is 31.1 Å². The molecule has 0 heterocycles. The van der Waals surface area contributed by atoms with E-state index in [4.69, 9.17) is 0 Å². The molecule has 0 aromatic rings. The van der Waals surface area contributed by atoms with E-state index in [0.29, 0.717) is 6.92 Å². The average Bonchev–Trinajstić information content (AvgIpc) is 2.09. The van der Waals surface area contributed by atoms with E-state index in [1.54, 1.807) is 0 Å². The summed E-state index contributed by atoms with van der Waals surface area (Å²) in [4.78, 5) is 10.7. The summed E-state index contributed by atoms with van der Waals surface area (Å²) in [5.74, 6) is 0. The van der Waals surface area contributed by atoms with Crippen molar-refractivity contribution < 1.29 is 44.7 Å². The zero-order valence-corrected chi connectivity index (χ0v) is 9.16. The van der Waals surface area contributed by atoms with Gasteiger partial charge in [0.2, 0.25) is 5.52 Å². The molecule has 102 valence electrons. The second kappa shape index (κ2) is 5.36. The summed E-state index contributed by atoms with van der Waals surface area (Å²) in [7, 11) is -5.06. The Labute approximate surface area is 91.4 Å². The van der Waals surface area contributed by atoms with Gasteiger partial charge in [0.05, 0.1) is 0 Å². The van der Waals surface area contributed by atoms with Gasteiger partial charge >= 0.3 is 19.9 Å². The third-order valence-corrected chi connectivity index (χ3v) is 2.89. The standard InChI is InChI=1S/C6H7F6O4P/c1-4(13)17(14,15-2-5(7,8)9)16-3-6(10,11)12/h2-3H2,1H3. The molecule has 0 aromatic heterocycles. The van der Waals surface area contributed by atoms with Crippen molar-refractivity contribution in [1.82, 2.24) is 0 Å². The first-order chi connectivity index (χ1) is 7.36. The van der Waals surface area contributed by atoms with Gasteiger partial charge in [-0.05, 0) is 0 Å². The van der Waals surface area contributed by atoms with Gasteiger partial charge in [-0.25, -0.2) is 0 Å². The molecule has 0 aromatic carbocycles. The maximum absolute atomic E-state index is 11.7. The molecule has 4 nitrogen and oxygen atoms in total. The van der Waals surface area contributed by atoms with Crippen molar-refractivity contribution >= 4 is 13.1 Å². The van der Waals surface area contributed by atoms with Gasteiger partial charge in [0.25, 0.3) is 0 Å². The summed E-state index contributed by atoms with van der Waals surface area (Å²) in [6, 6.07) is 0. The summed E-state index contributed by atoms with van der Waals surface area (Å²) in [6.07, 6.45) is -9.88. The molecule has 0 unspecified atom stereocenters. The number of hydrogen-bond donors (Lipinski definition) is 0. The van der Waals surface area contributed by atoms with Crippen LogP contribution in [0.2, 0.25) is 0 Å². The monoisotopic (exact) mass is 288 g/mol. The Morgan fingerprint density at radius 1 is 1.00 bits per heavy atom. The summed E-state index contributed by atoms with van der Waals surface area (Å²) >= 11 is 0. The van der Waals surface area contributed by atoms with Crippen molar-refractivity contribution in [2.45, 2.75) is 19.3 Å². The maximum atomic E-state index is 11.7. The van der Waals surface area contributed by atoms with Crippen LogP contribution in [0.5, 0.6) is 0 Å². The van der Waals surface area contributed by atoms with Crippen LogP contribution in [0.3, 0.4) is 0 Å². The van der Waals surface area contributed by atoms with Gasteiger partial charge in [0.15, 0.2) is 13.2 Å². The number of carbonyl (C=O) groups is 1. The Kier molecular flexibility index (Phi) is 5.17. The van der Waals surface area contributed by atoms with Crippen LogP contribution in [0.4, 0.5) is 26.3 Å². The zero-order chi connectivity index (χ0) is 13.9. The molecule has 0 saturated carbocycles. The number of hydrogen-bond acceptors (Lipinski definition) is 4. The summed E-state index contributed by atoms with van der Waals surface area (Å²) < 4.78 is 88.6. The molecule has 0 atom stereocenters.